The van der Waals surface area contributed by atoms with Crippen LogP contribution in [0.4, 0.5) is 0 Å². The normalized spacial score (nSPS) is 10.4. The molecule has 1 aromatic carbocycles. The number of nitrogens with one attached hydrogen (secondary N) is 1. The highest BCUT2D eigenvalue weighted by Crippen LogP contribution is 2.22. The second-order valence-electron chi connectivity index (χ2n) is 4.86. The van der Waals surface area contributed by atoms with E-state index in [0.29, 0.717) is 6.54 Å². The molecule has 2 rings (SSSR count). The molecule has 1 heterocycles. The van der Waals surface area contributed by atoms with Crippen molar-refractivity contribution in [1.29, 1.82) is 0 Å². The minimum Gasteiger partial charge on any atom is -0.496 e. The number of hydrogen-bond acceptors (Lipinski definition) is 3. The molecule has 3 nitrogen and oxygen atoms in total. The summed E-state index contributed by atoms with van der Waals surface area (Å²) in [5.74, 6) is 0.879. The summed E-state index contributed by atoms with van der Waals surface area (Å²) in [6.07, 6.45) is 1.73. The van der Waals surface area contributed by atoms with Gasteiger partial charge in [-0.2, -0.15) is 0 Å². The monoisotopic (exact) mass is 303 g/mol. The molecule has 0 fully saturated rings. The van der Waals surface area contributed by atoms with Crippen molar-refractivity contribution < 1.29 is 9.53 Å². The van der Waals surface area contributed by atoms with Crippen LogP contribution in [0.5, 0.6) is 5.75 Å². The number of para-hydroxylation sites is 1. The smallest absolute Gasteiger partial charge is 0.261 e. The highest BCUT2D eigenvalue weighted by Gasteiger charge is 2.11. The molecule has 2 aromatic rings. The molecule has 0 atom stereocenters. The van der Waals surface area contributed by atoms with Gasteiger partial charge < -0.3 is 10.1 Å². The van der Waals surface area contributed by atoms with Crippen molar-refractivity contribution >= 4 is 17.2 Å². The molecular formula is C17H21NO2S. The topological polar surface area (TPSA) is 38.3 Å². The van der Waals surface area contributed by atoms with E-state index < -0.39 is 0 Å². The molecule has 0 radical (unpaired) electrons. The van der Waals surface area contributed by atoms with Crippen molar-refractivity contribution in [2.45, 2.75) is 26.7 Å². The van der Waals surface area contributed by atoms with Crippen LogP contribution in [0.2, 0.25) is 0 Å². The lowest BCUT2D eigenvalue weighted by Crippen LogP contribution is -2.25. The third-order valence-electron chi connectivity index (χ3n) is 3.50. The molecule has 0 saturated carbocycles. The molecular weight excluding hydrogens is 282 g/mol. The fraction of sp³-hybridized carbons (Fsp3) is 0.353. The molecule has 112 valence electrons. The van der Waals surface area contributed by atoms with Crippen molar-refractivity contribution in [3.8, 4) is 5.75 Å². The quantitative estimate of drug-likeness (QED) is 0.885. The Labute approximate surface area is 130 Å². The van der Waals surface area contributed by atoms with Gasteiger partial charge in [-0.25, -0.2) is 0 Å². The standard InChI is InChI=1S/C17H21NO2S/c1-4-13-11-16(21-12(13)2)17(19)18-10-9-14-7-5-6-8-15(14)20-3/h5-8,11H,4,9-10H2,1-3H3,(H,18,19). The first-order valence-corrected chi connectivity index (χ1v) is 7.96. The maximum absolute atomic E-state index is 12.1. The molecule has 1 aromatic heterocycles. The number of aryl methyl sites for hydroxylation is 2. The summed E-state index contributed by atoms with van der Waals surface area (Å²) in [5, 5.41) is 2.98. The van der Waals surface area contributed by atoms with Gasteiger partial charge in [0.05, 0.1) is 12.0 Å². The van der Waals surface area contributed by atoms with E-state index in [1.165, 1.54) is 10.4 Å². The van der Waals surface area contributed by atoms with E-state index in [1.54, 1.807) is 18.4 Å². The van der Waals surface area contributed by atoms with Crippen LogP contribution >= 0.6 is 11.3 Å². The number of benzene rings is 1. The first kappa shape index (κ1) is 15.6. The van der Waals surface area contributed by atoms with Crippen molar-refractivity contribution in [3.05, 3.63) is 51.2 Å². The predicted octanol–water partition coefficient (Wildman–Crippen LogP) is 3.60. The van der Waals surface area contributed by atoms with Crippen LogP contribution in [0.25, 0.3) is 0 Å². The highest BCUT2D eigenvalue weighted by atomic mass is 32.1. The molecule has 0 unspecified atom stereocenters. The van der Waals surface area contributed by atoms with E-state index in [9.17, 15) is 4.79 Å². The Hall–Kier alpha value is -1.81. The van der Waals surface area contributed by atoms with Gasteiger partial charge in [0.1, 0.15) is 5.75 Å². The Morgan fingerprint density at radius 2 is 2.05 bits per heavy atom. The minimum absolute atomic E-state index is 0.0118. The number of thiophene rings is 1. The van der Waals surface area contributed by atoms with E-state index >= 15 is 0 Å². The van der Waals surface area contributed by atoms with Crippen LogP contribution < -0.4 is 10.1 Å². The first-order chi connectivity index (χ1) is 10.2. The van der Waals surface area contributed by atoms with E-state index in [2.05, 4.69) is 19.2 Å². The summed E-state index contributed by atoms with van der Waals surface area (Å²) < 4.78 is 5.31. The summed E-state index contributed by atoms with van der Waals surface area (Å²) in [5.41, 5.74) is 2.37. The number of methoxy groups -OCH3 is 1. The van der Waals surface area contributed by atoms with Crippen LogP contribution in [0.1, 0.15) is 32.6 Å². The molecule has 0 aliphatic rings. The van der Waals surface area contributed by atoms with Crippen LogP contribution in [-0.4, -0.2) is 19.6 Å². The average molecular weight is 303 g/mol. The van der Waals surface area contributed by atoms with Gasteiger partial charge in [-0.1, -0.05) is 25.1 Å². The molecule has 1 amide bonds. The zero-order valence-electron chi connectivity index (χ0n) is 12.7. The van der Waals surface area contributed by atoms with Gasteiger partial charge in [-0.05, 0) is 43.0 Å². The van der Waals surface area contributed by atoms with E-state index in [0.717, 1.165) is 29.0 Å². The summed E-state index contributed by atoms with van der Waals surface area (Å²) >= 11 is 1.56. The van der Waals surface area contributed by atoms with Crippen LogP contribution in [-0.2, 0) is 12.8 Å². The van der Waals surface area contributed by atoms with Gasteiger partial charge in [0.25, 0.3) is 5.91 Å². The van der Waals surface area contributed by atoms with E-state index in [1.807, 2.05) is 30.3 Å². The number of ether oxygens (including phenoxy) is 1. The molecule has 0 saturated heterocycles. The fourth-order valence-corrected chi connectivity index (χ4v) is 3.32. The first-order valence-electron chi connectivity index (χ1n) is 7.15. The second-order valence-corrected chi connectivity index (χ2v) is 6.12. The summed E-state index contributed by atoms with van der Waals surface area (Å²) in [6, 6.07) is 9.89. The molecule has 0 bridgehead atoms. The average Bonchev–Trinajstić information content (AvgIpc) is 2.89. The van der Waals surface area contributed by atoms with Crippen LogP contribution in [0.15, 0.2) is 30.3 Å². The summed E-state index contributed by atoms with van der Waals surface area (Å²) in [6.45, 7) is 4.78. The summed E-state index contributed by atoms with van der Waals surface area (Å²) in [4.78, 5) is 14.2. The number of amides is 1. The maximum atomic E-state index is 12.1. The third-order valence-corrected chi connectivity index (χ3v) is 4.59. The summed E-state index contributed by atoms with van der Waals surface area (Å²) in [7, 11) is 1.66. The Morgan fingerprint density at radius 3 is 2.71 bits per heavy atom. The van der Waals surface area contributed by atoms with Gasteiger partial charge in [0.15, 0.2) is 0 Å². The zero-order chi connectivity index (χ0) is 15.2. The van der Waals surface area contributed by atoms with Crippen molar-refractivity contribution in [1.82, 2.24) is 5.32 Å². The number of rotatable bonds is 6. The van der Waals surface area contributed by atoms with Crippen molar-refractivity contribution in [2.75, 3.05) is 13.7 Å². The van der Waals surface area contributed by atoms with Crippen LogP contribution in [0, 0.1) is 6.92 Å². The third kappa shape index (κ3) is 3.85. The molecule has 21 heavy (non-hydrogen) atoms. The Kier molecular flexibility index (Phi) is 5.39. The highest BCUT2D eigenvalue weighted by molar-refractivity contribution is 7.14. The molecule has 1 N–H and O–H groups in total. The Balaban J connectivity index is 1.92. The number of hydrogen-bond donors (Lipinski definition) is 1. The van der Waals surface area contributed by atoms with Gasteiger partial charge >= 0.3 is 0 Å². The van der Waals surface area contributed by atoms with E-state index in [-0.39, 0.29) is 5.91 Å². The Bertz CT molecular complexity index is 619. The van der Waals surface area contributed by atoms with E-state index in [4.69, 9.17) is 4.74 Å². The SMILES string of the molecule is CCc1cc(C(=O)NCCc2ccccc2OC)sc1C. The lowest BCUT2D eigenvalue weighted by molar-refractivity contribution is 0.0958. The number of carbonyl (C=O) groups excluding carboxylic acids is 1. The van der Waals surface area contributed by atoms with Gasteiger partial charge in [0, 0.05) is 11.4 Å². The molecule has 0 spiro atoms. The maximum Gasteiger partial charge on any atom is 0.261 e. The van der Waals surface area contributed by atoms with Gasteiger partial charge in [0.2, 0.25) is 0 Å². The lowest BCUT2D eigenvalue weighted by atomic mass is 10.1. The molecule has 0 aliphatic heterocycles. The second kappa shape index (κ2) is 7.27. The van der Waals surface area contributed by atoms with Crippen molar-refractivity contribution in [2.24, 2.45) is 0 Å². The largest absolute Gasteiger partial charge is 0.496 e. The minimum atomic E-state index is 0.0118. The Morgan fingerprint density at radius 1 is 1.29 bits per heavy atom. The molecule has 0 aliphatic carbocycles. The zero-order valence-corrected chi connectivity index (χ0v) is 13.5. The fourth-order valence-electron chi connectivity index (χ4n) is 2.29. The lowest BCUT2D eigenvalue weighted by Gasteiger charge is -2.08. The van der Waals surface area contributed by atoms with Crippen LogP contribution in [0.3, 0.4) is 0 Å². The number of carbonyl (C=O) groups is 1. The molecule has 4 heteroatoms. The van der Waals surface area contributed by atoms with Gasteiger partial charge in [-0.15, -0.1) is 11.3 Å². The van der Waals surface area contributed by atoms with Gasteiger partial charge in [-0.3, -0.25) is 4.79 Å². The predicted molar refractivity (Wildman–Crippen MR) is 87.5 cm³/mol. The van der Waals surface area contributed by atoms with Crippen molar-refractivity contribution in [3.63, 3.8) is 0 Å².